The first-order valence-electron chi connectivity index (χ1n) is 13.5. The molecule has 3 aromatic carbocycles. The molecule has 2 amide bonds. The standard InChI is InChI=1S/C32H41N3O4S/c1-8-28(31(37)33-32(5,6)7)34(21-26-14-12-13-23(2)20-26)30(36)22-35(29-18-17-24(3)19-25(29)4)40(38,39)27-15-10-9-11-16-27/h9-20,28H,8,21-22H2,1-7H3,(H,33,37)/t28-/m0/s1. The van der Waals surface area contributed by atoms with E-state index in [1.165, 1.54) is 17.0 Å². The van der Waals surface area contributed by atoms with Crippen molar-refractivity contribution in [2.45, 2.75) is 77.9 Å². The van der Waals surface area contributed by atoms with Gasteiger partial charge in [0.05, 0.1) is 10.6 Å². The van der Waals surface area contributed by atoms with Gasteiger partial charge in [0.1, 0.15) is 12.6 Å². The number of nitrogens with one attached hydrogen (secondary N) is 1. The molecular formula is C32H41N3O4S. The second-order valence-corrected chi connectivity index (χ2v) is 13.2. The van der Waals surface area contributed by atoms with Gasteiger partial charge in [0.15, 0.2) is 0 Å². The quantitative estimate of drug-likeness (QED) is 0.352. The highest BCUT2D eigenvalue weighted by Gasteiger charge is 2.35. The zero-order valence-electron chi connectivity index (χ0n) is 24.6. The summed E-state index contributed by atoms with van der Waals surface area (Å²) in [5, 5.41) is 2.99. The molecule has 1 atom stereocenters. The molecule has 0 unspecified atom stereocenters. The summed E-state index contributed by atoms with van der Waals surface area (Å²) in [4.78, 5) is 29.2. The molecule has 0 saturated heterocycles. The molecule has 8 heteroatoms. The van der Waals surface area contributed by atoms with Gasteiger partial charge in [0.2, 0.25) is 11.8 Å². The van der Waals surface area contributed by atoms with Crippen molar-refractivity contribution < 1.29 is 18.0 Å². The van der Waals surface area contributed by atoms with E-state index in [-0.39, 0.29) is 17.3 Å². The van der Waals surface area contributed by atoms with Gasteiger partial charge < -0.3 is 10.2 Å². The van der Waals surface area contributed by atoms with Gasteiger partial charge in [-0.3, -0.25) is 13.9 Å². The first kappa shape index (κ1) is 30.9. The number of hydrogen-bond acceptors (Lipinski definition) is 4. The fourth-order valence-corrected chi connectivity index (χ4v) is 6.20. The summed E-state index contributed by atoms with van der Waals surface area (Å²) < 4.78 is 29.1. The van der Waals surface area contributed by atoms with E-state index in [2.05, 4.69) is 5.32 Å². The van der Waals surface area contributed by atoms with E-state index >= 15 is 0 Å². The summed E-state index contributed by atoms with van der Waals surface area (Å²) in [5.74, 6) is -0.739. The highest BCUT2D eigenvalue weighted by Crippen LogP contribution is 2.28. The number of carbonyl (C=O) groups excluding carboxylic acids is 2. The maximum Gasteiger partial charge on any atom is 0.264 e. The minimum atomic E-state index is -4.09. The van der Waals surface area contributed by atoms with E-state index < -0.39 is 34.1 Å². The Hall–Kier alpha value is -3.65. The number of hydrogen-bond donors (Lipinski definition) is 1. The first-order chi connectivity index (χ1) is 18.7. The molecule has 40 heavy (non-hydrogen) atoms. The summed E-state index contributed by atoms with van der Waals surface area (Å²) in [6, 6.07) is 20.5. The summed E-state index contributed by atoms with van der Waals surface area (Å²) in [7, 11) is -4.09. The molecule has 0 aliphatic heterocycles. The van der Waals surface area contributed by atoms with Crippen LogP contribution in [0.1, 0.15) is 56.4 Å². The minimum Gasteiger partial charge on any atom is -0.350 e. The number of aryl methyl sites for hydroxylation is 3. The molecule has 0 aliphatic rings. The Kier molecular flexibility index (Phi) is 9.79. The highest BCUT2D eigenvalue weighted by atomic mass is 32.2. The van der Waals surface area contributed by atoms with Gasteiger partial charge in [-0.2, -0.15) is 0 Å². The predicted octanol–water partition coefficient (Wildman–Crippen LogP) is 5.53. The zero-order valence-corrected chi connectivity index (χ0v) is 25.4. The average molecular weight is 564 g/mol. The van der Waals surface area contributed by atoms with Crippen molar-refractivity contribution in [3.8, 4) is 0 Å². The molecule has 0 radical (unpaired) electrons. The van der Waals surface area contributed by atoms with Crippen molar-refractivity contribution in [3.63, 3.8) is 0 Å². The monoisotopic (exact) mass is 563 g/mol. The van der Waals surface area contributed by atoms with Crippen LogP contribution < -0.4 is 9.62 Å². The van der Waals surface area contributed by atoms with Gasteiger partial charge in [-0.15, -0.1) is 0 Å². The maximum absolute atomic E-state index is 14.2. The van der Waals surface area contributed by atoms with Gasteiger partial charge in [0.25, 0.3) is 10.0 Å². The van der Waals surface area contributed by atoms with Gasteiger partial charge in [-0.25, -0.2) is 8.42 Å². The number of carbonyl (C=O) groups is 2. The normalized spacial score (nSPS) is 12.5. The topological polar surface area (TPSA) is 86.8 Å². The van der Waals surface area contributed by atoms with E-state index in [9.17, 15) is 18.0 Å². The summed E-state index contributed by atoms with van der Waals surface area (Å²) in [6.07, 6.45) is 0.370. The molecule has 0 aliphatic carbocycles. The molecule has 0 fully saturated rings. The van der Waals surface area contributed by atoms with Crippen LogP contribution in [0.5, 0.6) is 0 Å². The third-order valence-electron chi connectivity index (χ3n) is 6.55. The second kappa shape index (κ2) is 12.7. The van der Waals surface area contributed by atoms with E-state index in [0.717, 1.165) is 26.6 Å². The number of benzene rings is 3. The van der Waals surface area contributed by atoms with Crippen LogP contribution in [0.4, 0.5) is 5.69 Å². The van der Waals surface area contributed by atoms with Crippen LogP contribution in [0.15, 0.2) is 77.7 Å². The van der Waals surface area contributed by atoms with Crippen LogP contribution in [-0.2, 0) is 26.2 Å². The SMILES string of the molecule is CC[C@@H](C(=O)NC(C)(C)C)N(Cc1cccc(C)c1)C(=O)CN(c1ccc(C)cc1C)S(=O)(=O)c1ccccc1. The van der Waals surface area contributed by atoms with E-state index in [0.29, 0.717) is 12.1 Å². The number of nitrogens with zero attached hydrogens (tertiary/aromatic N) is 2. The van der Waals surface area contributed by atoms with Crippen LogP contribution in [0, 0.1) is 20.8 Å². The summed E-state index contributed by atoms with van der Waals surface area (Å²) in [6.45, 7) is 13.0. The molecule has 214 valence electrons. The maximum atomic E-state index is 14.2. The van der Waals surface area contributed by atoms with Gasteiger partial charge in [0, 0.05) is 12.1 Å². The Labute approximate surface area is 239 Å². The van der Waals surface area contributed by atoms with Gasteiger partial charge in [-0.05, 0) is 77.3 Å². The molecule has 0 heterocycles. The lowest BCUT2D eigenvalue weighted by atomic mass is 10.0. The van der Waals surface area contributed by atoms with Crippen molar-refractivity contribution in [2.24, 2.45) is 0 Å². The largest absolute Gasteiger partial charge is 0.350 e. The summed E-state index contributed by atoms with van der Waals surface area (Å²) >= 11 is 0. The fraction of sp³-hybridized carbons (Fsp3) is 0.375. The van der Waals surface area contributed by atoms with E-state index in [4.69, 9.17) is 0 Å². The van der Waals surface area contributed by atoms with Crippen LogP contribution in [-0.4, -0.2) is 43.3 Å². The van der Waals surface area contributed by atoms with Crippen molar-refractivity contribution in [2.75, 3.05) is 10.8 Å². The Morgan fingerprint density at radius 1 is 0.875 bits per heavy atom. The highest BCUT2D eigenvalue weighted by molar-refractivity contribution is 7.92. The van der Waals surface area contributed by atoms with Crippen LogP contribution in [0.3, 0.4) is 0 Å². The average Bonchev–Trinajstić information content (AvgIpc) is 2.87. The number of anilines is 1. The van der Waals surface area contributed by atoms with Crippen molar-refractivity contribution in [3.05, 3.63) is 95.1 Å². The van der Waals surface area contributed by atoms with E-state index in [1.807, 2.05) is 84.9 Å². The predicted molar refractivity (Wildman–Crippen MR) is 161 cm³/mol. The Balaban J connectivity index is 2.10. The Morgan fingerprint density at radius 3 is 2.10 bits per heavy atom. The van der Waals surface area contributed by atoms with Crippen LogP contribution in [0.2, 0.25) is 0 Å². The zero-order chi connectivity index (χ0) is 29.7. The van der Waals surface area contributed by atoms with Crippen molar-refractivity contribution in [1.29, 1.82) is 0 Å². The molecular weight excluding hydrogens is 522 g/mol. The number of sulfonamides is 1. The minimum absolute atomic E-state index is 0.0885. The van der Waals surface area contributed by atoms with Crippen LogP contribution >= 0.6 is 0 Å². The third kappa shape index (κ3) is 7.72. The molecule has 7 nitrogen and oxygen atoms in total. The lowest BCUT2D eigenvalue weighted by molar-refractivity contribution is -0.141. The fourth-order valence-electron chi connectivity index (χ4n) is 4.70. The first-order valence-corrected chi connectivity index (χ1v) is 15.0. The van der Waals surface area contributed by atoms with Crippen LogP contribution in [0.25, 0.3) is 0 Å². The second-order valence-electron chi connectivity index (χ2n) is 11.3. The van der Waals surface area contributed by atoms with E-state index in [1.54, 1.807) is 24.3 Å². The van der Waals surface area contributed by atoms with Gasteiger partial charge >= 0.3 is 0 Å². The molecule has 0 bridgehead atoms. The van der Waals surface area contributed by atoms with Crippen molar-refractivity contribution >= 4 is 27.5 Å². The summed E-state index contributed by atoms with van der Waals surface area (Å²) in [5.41, 5.74) is 3.53. The molecule has 0 saturated carbocycles. The number of rotatable bonds is 10. The Morgan fingerprint density at radius 2 is 1.52 bits per heavy atom. The Bertz CT molecular complexity index is 1450. The molecule has 3 rings (SSSR count). The molecule has 0 aromatic heterocycles. The molecule has 0 spiro atoms. The molecule has 3 aromatic rings. The lowest BCUT2D eigenvalue weighted by Gasteiger charge is -2.35. The smallest absolute Gasteiger partial charge is 0.264 e. The van der Waals surface area contributed by atoms with Crippen molar-refractivity contribution in [1.82, 2.24) is 10.2 Å². The van der Waals surface area contributed by atoms with Gasteiger partial charge in [-0.1, -0.05) is 72.6 Å². The number of amides is 2. The molecule has 1 N–H and O–H groups in total. The third-order valence-corrected chi connectivity index (χ3v) is 8.32. The lowest BCUT2D eigenvalue weighted by Crippen LogP contribution is -2.55.